The summed E-state index contributed by atoms with van der Waals surface area (Å²) in [5, 5.41) is 19.9. The smallest absolute Gasteiger partial charge is 0.255 e. The van der Waals surface area contributed by atoms with Gasteiger partial charge in [0.15, 0.2) is 0 Å². The van der Waals surface area contributed by atoms with Crippen LogP contribution < -0.4 is 4.74 Å². The number of benzene rings is 1. The zero-order valence-corrected chi connectivity index (χ0v) is 15.0. The van der Waals surface area contributed by atoms with Crippen LogP contribution in [0, 0.1) is 0 Å². The largest absolute Gasteiger partial charge is 0.506 e. The summed E-state index contributed by atoms with van der Waals surface area (Å²) in [6, 6.07) is 9.26. The highest BCUT2D eigenvalue weighted by Gasteiger charge is 2.32. The highest BCUT2D eigenvalue weighted by atomic mass is 16.5. The van der Waals surface area contributed by atoms with Crippen LogP contribution in [0.1, 0.15) is 42.1 Å². The van der Waals surface area contributed by atoms with Gasteiger partial charge in [0.05, 0.1) is 18.3 Å². The summed E-state index contributed by atoms with van der Waals surface area (Å²) in [6.45, 7) is 4.89. The maximum absolute atomic E-state index is 12.5. The molecule has 2 aromatic rings. The number of amides is 1. The standard InChI is InChI=1S/C20H24N2O4/c1-13(2)14-4-3-5-17(9-14)26-19-6-7-22(12-18(19)24)20(25)15-8-16(23)11-21-10-15/h3-5,8-11,13,18-19,23-24H,6-7,12H2,1-2H3/t18-,19-/m1/s1. The number of hydrogen-bond donors (Lipinski definition) is 2. The number of likely N-dealkylation sites (tertiary alicyclic amines) is 1. The van der Waals surface area contributed by atoms with Crippen LogP contribution in [0.3, 0.4) is 0 Å². The van der Waals surface area contributed by atoms with Gasteiger partial charge in [0.2, 0.25) is 0 Å². The normalized spacial score (nSPS) is 20.2. The lowest BCUT2D eigenvalue weighted by Gasteiger charge is -2.36. The lowest BCUT2D eigenvalue weighted by atomic mass is 10.0. The summed E-state index contributed by atoms with van der Waals surface area (Å²) in [5.74, 6) is 0.823. The Morgan fingerprint density at radius 1 is 1.31 bits per heavy atom. The number of β-amino-alcohol motifs (C(OH)–C–C–N with tert-alkyl or cyclic N) is 1. The van der Waals surface area contributed by atoms with Crippen LogP contribution in [0.4, 0.5) is 0 Å². The molecule has 1 aromatic carbocycles. The molecule has 1 fully saturated rings. The highest BCUT2D eigenvalue weighted by molar-refractivity contribution is 5.94. The number of rotatable bonds is 4. The van der Waals surface area contributed by atoms with Gasteiger partial charge in [0.25, 0.3) is 5.91 Å². The number of piperidine rings is 1. The number of hydrogen-bond acceptors (Lipinski definition) is 5. The van der Waals surface area contributed by atoms with E-state index in [4.69, 9.17) is 4.74 Å². The minimum Gasteiger partial charge on any atom is -0.506 e. The van der Waals surface area contributed by atoms with Gasteiger partial charge in [-0.05, 0) is 29.7 Å². The second-order valence-corrected chi connectivity index (χ2v) is 6.92. The van der Waals surface area contributed by atoms with Crippen LogP contribution in [0.2, 0.25) is 0 Å². The molecule has 2 N–H and O–H groups in total. The number of aromatic hydroxyl groups is 1. The van der Waals surface area contributed by atoms with E-state index in [0.717, 1.165) is 5.75 Å². The van der Waals surface area contributed by atoms with Crippen LogP contribution in [0.5, 0.6) is 11.5 Å². The van der Waals surface area contributed by atoms with Crippen molar-refractivity contribution in [3.05, 3.63) is 53.9 Å². The number of ether oxygens (including phenoxy) is 1. The number of aromatic nitrogens is 1. The third kappa shape index (κ3) is 4.14. The van der Waals surface area contributed by atoms with Gasteiger partial charge in [-0.3, -0.25) is 9.78 Å². The van der Waals surface area contributed by atoms with Crippen LogP contribution in [0.25, 0.3) is 0 Å². The molecule has 0 bridgehead atoms. The lowest BCUT2D eigenvalue weighted by molar-refractivity contribution is -0.0199. The van der Waals surface area contributed by atoms with E-state index in [-0.39, 0.29) is 24.3 Å². The van der Waals surface area contributed by atoms with Crippen molar-refractivity contribution in [1.82, 2.24) is 9.88 Å². The quantitative estimate of drug-likeness (QED) is 0.880. The SMILES string of the molecule is CC(C)c1cccc(O[C@@H]2CCN(C(=O)c3cncc(O)c3)C[C@H]2O)c1. The Morgan fingerprint density at radius 3 is 2.81 bits per heavy atom. The fraction of sp³-hybridized carbons (Fsp3) is 0.400. The number of carbonyl (C=O) groups is 1. The Morgan fingerprint density at radius 2 is 2.12 bits per heavy atom. The van der Waals surface area contributed by atoms with Crippen molar-refractivity contribution in [2.75, 3.05) is 13.1 Å². The van der Waals surface area contributed by atoms with Crippen LogP contribution in [-0.4, -0.2) is 51.3 Å². The predicted molar refractivity (Wildman–Crippen MR) is 97.4 cm³/mol. The van der Waals surface area contributed by atoms with E-state index in [1.807, 2.05) is 18.2 Å². The molecule has 1 aromatic heterocycles. The van der Waals surface area contributed by atoms with Crippen LogP contribution >= 0.6 is 0 Å². The molecular formula is C20H24N2O4. The first-order valence-electron chi connectivity index (χ1n) is 8.82. The van der Waals surface area contributed by atoms with E-state index >= 15 is 0 Å². The molecule has 3 rings (SSSR count). The maximum atomic E-state index is 12.5. The van der Waals surface area contributed by atoms with Gasteiger partial charge in [0.1, 0.15) is 23.7 Å². The van der Waals surface area contributed by atoms with Crippen molar-refractivity contribution in [3.63, 3.8) is 0 Å². The fourth-order valence-corrected chi connectivity index (χ4v) is 3.08. The molecule has 6 heteroatoms. The zero-order valence-electron chi connectivity index (χ0n) is 15.0. The Balaban J connectivity index is 1.63. The van der Waals surface area contributed by atoms with Gasteiger partial charge in [-0.15, -0.1) is 0 Å². The van der Waals surface area contributed by atoms with Gasteiger partial charge in [-0.2, -0.15) is 0 Å². The number of carbonyl (C=O) groups excluding carboxylic acids is 1. The topological polar surface area (TPSA) is 82.9 Å². The van der Waals surface area contributed by atoms with E-state index < -0.39 is 6.10 Å². The Bertz CT molecular complexity index is 778. The minimum atomic E-state index is -0.777. The minimum absolute atomic E-state index is 0.0559. The number of pyridine rings is 1. The molecule has 0 spiro atoms. The predicted octanol–water partition coefficient (Wildman–Crippen LogP) is 2.57. The van der Waals surface area contributed by atoms with E-state index in [2.05, 4.69) is 24.9 Å². The summed E-state index contributed by atoms with van der Waals surface area (Å²) in [6.07, 6.45) is 2.08. The van der Waals surface area contributed by atoms with Crippen molar-refractivity contribution in [2.45, 2.75) is 38.4 Å². The molecule has 138 valence electrons. The average Bonchev–Trinajstić information content (AvgIpc) is 2.63. The molecule has 0 aliphatic carbocycles. The van der Waals surface area contributed by atoms with Gasteiger partial charge in [-0.25, -0.2) is 0 Å². The number of nitrogens with zero attached hydrogens (tertiary/aromatic N) is 2. The molecule has 0 unspecified atom stereocenters. The van der Waals surface area contributed by atoms with E-state index in [9.17, 15) is 15.0 Å². The van der Waals surface area contributed by atoms with Gasteiger partial charge >= 0.3 is 0 Å². The van der Waals surface area contributed by atoms with Crippen molar-refractivity contribution >= 4 is 5.91 Å². The third-order valence-electron chi connectivity index (χ3n) is 4.59. The summed E-state index contributed by atoms with van der Waals surface area (Å²) in [7, 11) is 0. The second kappa shape index (κ2) is 7.74. The second-order valence-electron chi connectivity index (χ2n) is 6.92. The Hall–Kier alpha value is -2.60. The number of aliphatic hydroxyl groups excluding tert-OH is 1. The van der Waals surface area contributed by atoms with Crippen molar-refractivity contribution < 1.29 is 19.7 Å². The van der Waals surface area contributed by atoms with Crippen LogP contribution in [-0.2, 0) is 0 Å². The number of aliphatic hydroxyl groups is 1. The summed E-state index contributed by atoms with van der Waals surface area (Å²) in [5.41, 5.74) is 1.49. The average molecular weight is 356 g/mol. The molecule has 2 atom stereocenters. The molecule has 1 saturated heterocycles. The molecule has 1 amide bonds. The molecule has 26 heavy (non-hydrogen) atoms. The summed E-state index contributed by atoms with van der Waals surface area (Å²) >= 11 is 0. The van der Waals surface area contributed by atoms with E-state index in [1.54, 1.807) is 4.90 Å². The first kappa shape index (κ1) is 18.2. The molecule has 1 aliphatic rings. The monoisotopic (exact) mass is 356 g/mol. The third-order valence-corrected chi connectivity index (χ3v) is 4.59. The zero-order chi connectivity index (χ0) is 18.7. The molecule has 0 radical (unpaired) electrons. The summed E-state index contributed by atoms with van der Waals surface area (Å²) in [4.78, 5) is 17.9. The lowest BCUT2D eigenvalue weighted by Crippen LogP contribution is -2.51. The molecule has 1 aliphatic heterocycles. The molecule has 2 heterocycles. The Labute approximate surface area is 153 Å². The Kier molecular flexibility index (Phi) is 5.42. The van der Waals surface area contributed by atoms with E-state index in [1.165, 1.54) is 24.0 Å². The van der Waals surface area contributed by atoms with Crippen LogP contribution in [0.15, 0.2) is 42.7 Å². The first-order valence-corrected chi connectivity index (χ1v) is 8.82. The van der Waals surface area contributed by atoms with Crippen molar-refractivity contribution in [3.8, 4) is 11.5 Å². The molecule has 0 saturated carbocycles. The first-order chi connectivity index (χ1) is 12.4. The van der Waals surface area contributed by atoms with Gasteiger partial charge in [-0.1, -0.05) is 26.0 Å². The van der Waals surface area contributed by atoms with Crippen molar-refractivity contribution in [1.29, 1.82) is 0 Å². The van der Waals surface area contributed by atoms with Gasteiger partial charge in [0, 0.05) is 19.2 Å². The molecule has 6 nitrogen and oxygen atoms in total. The fourth-order valence-electron chi connectivity index (χ4n) is 3.08. The highest BCUT2D eigenvalue weighted by Crippen LogP contribution is 2.24. The summed E-state index contributed by atoms with van der Waals surface area (Å²) < 4.78 is 5.97. The maximum Gasteiger partial charge on any atom is 0.255 e. The van der Waals surface area contributed by atoms with Gasteiger partial charge < -0.3 is 19.8 Å². The van der Waals surface area contributed by atoms with E-state index in [0.29, 0.717) is 24.4 Å². The van der Waals surface area contributed by atoms with Crippen molar-refractivity contribution in [2.24, 2.45) is 0 Å². The molecular weight excluding hydrogens is 332 g/mol.